The molecular weight excluding hydrogens is 410 g/mol. The van der Waals surface area contributed by atoms with Crippen molar-refractivity contribution in [1.29, 1.82) is 0 Å². The maximum atomic E-state index is 13.0. The van der Waals surface area contributed by atoms with Crippen molar-refractivity contribution in [2.45, 2.75) is 32.4 Å². The number of amides is 1. The van der Waals surface area contributed by atoms with Crippen molar-refractivity contribution in [3.05, 3.63) is 46.0 Å². The van der Waals surface area contributed by atoms with Gasteiger partial charge in [-0.1, -0.05) is 0 Å². The molecule has 3 aromatic rings. The Balaban J connectivity index is 1.37. The number of anilines is 1. The topological polar surface area (TPSA) is 79.5 Å². The number of nitrogens with zero attached hydrogens (tertiary/aromatic N) is 7. The predicted octanol–water partition coefficient (Wildman–Crippen LogP) is 2.00. The van der Waals surface area contributed by atoms with Gasteiger partial charge in [0.05, 0.1) is 12.1 Å². The fourth-order valence-corrected chi connectivity index (χ4v) is 4.52. The number of halogens is 1. The molecule has 0 saturated carbocycles. The molecule has 0 spiro atoms. The minimum atomic E-state index is 0.0268. The number of aryl methyl sites for hydroxylation is 2. The summed E-state index contributed by atoms with van der Waals surface area (Å²) in [4.78, 5) is 21.6. The zero-order chi connectivity index (χ0) is 18.7. The van der Waals surface area contributed by atoms with Crippen LogP contribution in [-0.2, 0) is 0 Å². The lowest BCUT2D eigenvalue weighted by atomic mass is 9.86. The van der Waals surface area contributed by atoms with Gasteiger partial charge in [0.1, 0.15) is 11.5 Å². The Kier molecular flexibility index (Phi) is 3.68. The number of pyridine rings is 1. The van der Waals surface area contributed by atoms with Gasteiger partial charge in [-0.15, -0.1) is 15.3 Å². The van der Waals surface area contributed by atoms with Crippen LogP contribution in [0.2, 0.25) is 0 Å². The molecular formula is C18H18BrN7O. The van der Waals surface area contributed by atoms with E-state index in [1.165, 1.54) is 0 Å². The highest BCUT2D eigenvalue weighted by molar-refractivity contribution is 9.10. The summed E-state index contributed by atoms with van der Waals surface area (Å²) >= 11 is 3.40. The van der Waals surface area contributed by atoms with Crippen molar-refractivity contribution in [2.75, 3.05) is 18.0 Å². The van der Waals surface area contributed by atoms with E-state index < -0.39 is 0 Å². The van der Waals surface area contributed by atoms with Gasteiger partial charge < -0.3 is 9.80 Å². The van der Waals surface area contributed by atoms with E-state index in [1.807, 2.05) is 36.9 Å². The normalized spacial score (nSPS) is 21.4. The Bertz CT molecular complexity index is 1050. The minimum Gasteiger partial charge on any atom is -0.351 e. The van der Waals surface area contributed by atoms with Gasteiger partial charge in [0.2, 0.25) is 0 Å². The molecule has 0 radical (unpaired) electrons. The van der Waals surface area contributed by atoms with Crippen molar-refractivity contribution in [1.82, 2.24) is 29.7 Å². The van der Waals surface area contributed by atoms with Gasteiger partial charge in [0.25, 0.3) is 5.91 Å². The molecule has 2 bridgehead atoms. The molecule has 8 nitrogen and oxygen atoms in total. The first-order chi connectivity index (χ1) is 13.0. The maximum Gasteiger partial charge on any atom is 0.273 e. The Morgan fingerprint density at radius 2 is 1.96 bits per heavy atom. The Morgan fingerprint density at radius 3 is 2.70 bits per heavy atom. The number of carbonyl (C=O) groups excluding carboxylic acids is 1. The average Bonchev–Trinajstić information content (AvgIpc) is 3.02. The number of piperidine rings is 1. The smallest absolute Gasteiger partial charge is 0.273 e. The third-order valence-corrected chi connectivity index (χ3v) is 5.84. The monoisotopic (exact) mass is 427 g/mol. The van der Waals surface area contributed by atoms with Crippen molar-refractivity contribution in [2.24, 2.45) is 0 Å². The lowest BCUT2D eigenvalue weighted by Gasteiger charge is -2.56. The van der Waals surface area contributed by atoms with E-state index in [0.717, 1.165) is 46.8 Å². The second-order valence-electron chi connectivity index (χ2n) is 7.19. The Hall–Kier alpha value is -2.55. The van der Waals surface area contributed by atoms with Crippen molar-refractivity contribution < 1.29 is 4.79 Å². The third-order valence-electron chi connectivity index (χ3n) is 5.40. The van der Waals surface area contributed by atoms with Crippen LogP contribution in [0.15, 0.2) is 28.9 Å². The van der Waals surface area contributed by atoms with Crippen molar-refractivity contribution in [3.63, 3.8) is 0 Å². The molecule has 138 valence electrons. The molecule has 2 atom stereocenters. The summed E-state index contributed by atoms with van der Waals surface area (Å²) < 4.78 is 2.64. The standard InChI is InChI=1S/C18H18BrN7O/c1-10-5-12(19)7-20-17(10)18(27)25-13-6-14(25)9-24(8-13)16-4-3-15-22-21-11(2)26(15)23-16/h3-5,7,13-14H,6,8-9H2,1-2H3. The number of fused-ring (bicyclic) bond motifs is 3. The van der Waals surface area contributed by atoms with E-state index in [1.54, 1.807) is 10.7 Å². The van der Waals surface area contributed by atoms with Crippen LogP contribution in [0.1, 0.15) is 28.3 Å². The predicted molar refractivity (Wildman–Crippen MR) is 103 cm³/mol. The first-order valence-electron chi connectivity index (χ1n) is 8.90. The first-order valence-corrected chi connectivity index (χ1v) is 9.69. The van der Waals surface area contributed by atoms with Gasteiger partial charge in [-0.25, -0.2) is 4.98 Å². The van der Waals surface area contributed by atoms with E-state index in [2.05, 4.69) is 41.1 Å². The van der Waals surface area contributed by atoms with E-state index in [-0.39, 0.29) is 18.0 Å². The number of carbonyl (C=O) groups is 1. The van der Waals surface area contributed by atoms with E-state index in [9.17, 15) is 4.79 Å². The summed E-state index contributed by atoms with van der Waals surface area (Å²) in [5.74, 6) is 1.69. The molecule has 0 aliphatic carbocycles. The number of aromatic nitrogens is 5. The number of hydrogen-bond donors (Lipinski definition) is 0. The lowest BCUT2D eigenvalue weighted by Crippen LogP contribution is -2.70. The largest absolute Gasteiger partial charge is 0.351 e. The molecule has 6 rings (SSSR count). The molecule has 3 saturated heterocycles. The summed E-state index contributed by atoms with van der Waals surface area (Å²) in [5, 5.41) is 12.8. The molecule has 6 heterocycles. The van der Waals surface area contributed by atoms with Gasteiger partial charge in [-0.3, -0.25) is 4.79 Å². The van der Waals surface area contributed by atoms with Crippen LogP contribution in [0.25, 0.3) is 5.65 Å². The summed E-state index contributed by atoms with van der Waals surface area (Å²) in [5.41, 5.74) is 2.18. The quantitative estimate of drug-likeness (QED) is 0.622. The van der Waals surface area contributed by atoms with Crippen LogP contribution in [0.3, 0.4) is 0 Å². The van der Waals surface area contributed by atoms with Crippen LogP contribution in [0.5, 0.6) is 0 Å². The summed E-state index contributed by atoms with van der Waals surface area (Å²) in [6.07, 6.45) is 2.72. The zero-order valence-corrected chi connectivity index (χ0v) is 16.6. The molecule has 0 aromatic carbocycles. The van der Waals surface area contributed by atoms with E-state index in [4.69, 9.17) is 0 Å². The summed E-state index contributed by atoms with van der Waals surface area (Å²) in [6, 6.07) is 6.23. The van der Waals surface area contributed by atoms with Gasteiger partial charge in [-0.2, -0.15) is 4.52 Å². The zero-order valence-electron chi connectivity index (χ0n) is 15.0. The average molecular weight is 428 g/mol. The van der Waals surface area contributed by atoms with Crippen molar-refractivity contribution in [3.8, 4) is 0 Å². The maximum absolute atomic E-state index is 13.0. The molecule has 3 aromatic heterocycles. The highest BCUT2D eigenvalue weighted by Gasteiger charge is 2.48. The summed E-state index contributed by atoms with van der Waals surface area (Å²) in [7, 11) is 0. The van der Waals surface area contributed by atoms with Gasteiger partial charge in [0, 0.05) is 23.8 Å². The van der Waals surface area contributed by atoms with Crippen LogP contribution in [0.4, 0.5) is 5.82 Å². The number of piperazine rings is 1. The van der Waals surface area contributed by atoms with E-state index >= 15 is 0 Å². The molecule has 9 heteroatoms. The van der Waals surface area contributed by atoms with Crippen LogP contribution < -0.4 is 4.90 Å². The molecule has 1 amide bonds. The lowest BCUT2D eigenvalue weighted by molar-refractivity contribution is 0.00513. The Morgan fingerprint density at radius 1 is 1.19 bits per heavy atom. The second-order valence-corrected chi connectivity index (χ2v) is 8.10. The second kappa shape index (κ2) is 5.98. The molecule has 27 heavy (non-hydrogen) atoms. The Labute approximate surface area is 164 Å². The van der Waals surface area contributed by atoms with Gasteiger partial charge in [-0.05, 0) is 60.0 Å². The fourth-order valence-electron chi connectivity index (χ4n) is 4.07. The third kappa shape index (κ3) is 2.60. The highest BCUT2D eigenvalue weighted by Crippen LogP contribution is 2.35. The first kappa shape index (κ1) is 16.6. The molecule has 2 unspecified atom stereocenters. The SMILES string of the molecule is Cc1cc(Br)cnc1C(=O)N1C2CC1CN(c1ccc3nnc(C)n3n1)C2. The van der Waals surface area contributed by atoms with Crippen LogP contribution in [0, 0.1) is 13.8 Å². The number of rotatable bonds is 2. The van der Waals surface area contributed by atoms with Gasteiger partial charge >= 0.3 is 0 Å². The van der Waals surface area contributed by atoms with Crippen molar-refractivity contribution >= 4 is 33.3 Å². The fraction of sp³-hybridized carbons (Fsp3) is 0.389. The summed E-state index contributed by atoms with van der Waals surface area (Å²) in [6.45, 7) is 5.36. The number of hydrogen-bond acceptors (Lipinski definition) is 6. The molecule has 3 fully saturated rings. The molecule has 3 aliphatic heterocycles. The van der Waals surface area contributed by atoms with Gasteiger partial charge in [0.15, 0.2) is 11.5 Å². The van der Waals surface area contributed by atoms with Crippen LogP contribution >= 0.6 is 15.9 Å². The van der Waals surface area contributed by atoms with E-state index in [0.29, 0.717) is 5.69 Å². The molecule has 3 aliphatic rings. The minimum absolute atomic E-state index is 0.0268. The van der Waals surface area contributed by atoms with Crippen LogP contribution in [-0.4, -0.2) is 60.8 Å². The molecule has 0 N–H and O–H groups in total. The highest BCUT2D eigenvalue weighted by atomic mass is 79.9.